The second-order valence-electron chi connectivity index (χ2n) is 10.3. The number of hydrogen-bond acceptors (Lipinski definition) is 10. The van der Waals surface area contributed by atoms with Crippen LogP contribution in [-0.2, 0) is 34.0 Å². The predicted octanol–water partition coefficient (Wildman–Crippen LogP) is 2.47. The fourth-order valence-corrected chi connectivity index (χ4v) is 6.60. The van der Waals surface area contributed by atoms with E-state index in [-0.39, 0.29) is 42.5 Å². The number of hydrogen-bond donors (Lipinski definition) is 1. The number of aliphatic hydroxyl groups is 1. The minimum absolute atomic E-state index is 0.0285. The first-order valence-corrected chi connectivity index (χ1v) is 12.4. The summed E-state index contributed by atoms with van der Waals surface area (Å²) in [5.41, 5.74) is -1.95. The lowest BCUT2D eigenvalue weighted by atomic mass is 9.50. The molecule has 6 rings (SSSR count). The molecule has 37 heavy (non-hydrogen) atoms. The van der Waals surface area contributed by atoms with Crippen molar-refractivity contribution in [3.63, 3.8) is 0 Å². The second-order valence-corrected chi connectivity index (χ2v) is 10.3. The van der Waals surface area contributed by atoms with Crippen LogP contribution in [0.3, 0.4) is 0 Å². The normalized spacial score (nSPS) is 37.0. The lowest BCUT2D eigenvalue weighted by molar-refractivity contribution is -0.334. The van der Waals surface area contributed by atoms with Gasteiger partial charge in [0.2, 0.25) is 24.1 Å². The molecule has 10 nitrogen and oxygen atoms in total. The third-order valence-electron chi connectivity index (χ3n) is 8.87. The van der Waals surface area contributed by atoms with Crippen LogP contribution >= 0.6 is 0 Å². The first-order chi connectivity index (χ1) is 17.7. The van der Waals surface area contributed by atoms with Gasteiger partial charge in [-0.05, 0) is 25.8 Å². The Morgan fingerprint density at radius 1 is 1.14 bits per heavy atom. The van der Waals surface area contributed by atoms with Crippen LogP contribution in [0.25, 0.3) is 0 Å². The molecule has 198 valence electrons. The number of ether oxygens (including phenoxy) is 7. The highest BCUT2D eigenvalue weighted by atomic mass is 16.7. The number of carbonyl (C=O) groups excluding carboxylic acids is 2. The van der Waals surface area contributed by atoms with E-state index in [1.54, 1.807) is 26.0 Å². The maximum Gasteiger partial charge on any atom is 0.333 e. The van der Waals surface area contributed by atoms with Crippen molar-refractivity contribution in [1.29, 1.82) is 0 Å². The summed E-state index contributed by atoms with van der Waals surface area (Å²) in [6.45, 7) is 7.09. The van der Waals surface area contributed by atoms with Gasteiger partial charge in [0.1, 0.15) is 23.7 Å². The highest BCUT2D eigenvalue weighted by Gasteiger charge is 2.80. The van der Waals surface area contributed by atoms with Crippen molar-refractivity contribution < 1.29 is 47.9 Å². The molecule has 3 aliphatic heterocycles. The van der Waals surface area contributed by atoms with Crippen molar-refractivity contribution in [2.24, 2.45) is 11.8 Å². The van der Waals surface area contributed by atoms with E-state index in [1.165, 1.54) is 14.2 Å². The Morgan fingerprint density at radius 2 is 1.89 bits per heavy atom. The van der Waals surface area contributed by atoms with Crippen LogP contribution in [0.2, 0.25) is 0 Å². The number of Topliss-reactive ketones (excluding diaryl/α,β-unsaturated/α-hetero) is 1. The van der Waals surface area contributed by atoms with Crippen molar-refractivity contribution in [3.05, 3.63) is 40.4 Å². The van der Waals surface area contributed by atoms with E-state index in [2.05, 4.69) is 0 Å². The molecule has 1 spiro atoms. The lowest BCUT2D eigenvalue weighted by Gasteiger charge is -2.64. The maximum absolute atomic E-state index is 14.4. The van der Waals surface area contributed by atoms with Gasteiger partial charge >= 0.3 is 5.97 Å². The summed E-state index contributed by atoms with van der Waals surface area (Å²) in [4.78, 5) is 27.4. The molecule has 7 atom stereocenters. The predicted molar refractivity (Wildman–Crippen MR) is 126 cm³/mol. The molecule has 1 saturated heterocycles. The molecule has 0 unspecified atom stereocenters. The molecule has 0 amide bonds. The van der Waals surface area contributed by atoms with Gasteiger partial charge in [-0.2, -0.15) is 0 Å². The zero-order valence-electron chi connectivity index (χ0n) is 21.6. The van der Waals surface area contributed by atoms with Gasteiger partial charge in [0.05, 0.1) is 20.3 Å². The van der Waals surface area contributed by atoms with Gasteiger partial charge in [0, 0.05) is 22.6 Å². The van der Waals surface area contributed by atoms with Crippen LogP contribution in [0.1, 0.15) is 44.9 Å². The molecular formula is C27H30O10. The van der Waals surface area contributed by atoms with Crippen molar-refractivity contribution in [2.75, 3.05) is 27.6 Å². The van der Waals surface area contributed by atoms with Crippen molar-refractivity contribution in [2.45, 2.75) is 57.0 Å². The van der Waals surface area contributed by atoms with Crippen LogP contribution in [0.15, 0.2) is 29.2 Å². The molecule has 5 aliphatic rings. The van der Waals surface area contributed by atoms with Crippen LogP contribution in [0.4, 0.5) is 0 Å². The SMILES string of the molecule is CC=C(C)C(=O)O[C@H]1c2cc3c(c4c2[C@@]2(CO4)C(=O)C(OC)=C(OC)[C@H]4O[C@@H]([C@@H](C)[C@H]1C)[C@]42O)OCO3. The molecule has 0 aromatic heterocycles. The zero-order chi connectivity index (χ0) is 26.4. The van der Waals surface area contributed by atoms with Crippen LogP contribution in [-0.4, -0.2) is 62.3 Å². The molecule has 3 heterocycles. The largest absolute Gasteiger partial charge is 0.494 e. The Kier molecular flexibility index (Phi) is 5.14. The van der Waals surface area contributed by atoms with E-state index < -0.39 is 41.1 Å². The molecule has 2 aliphatic carbocycles. The Bertz CT molecular complexity index is 1280. The molecule has 10 heteroatoms. The van der Waals surface area contributed by atoms with E-state index in [4.69, 9.17) is 33.2 Å². The first kappa shape index (κ1) is 24.1. The van der Waals surface area contributed by atoms with E-state index in [0.29, 0.717) is 28.2 Å². The summed E-state index contributed by atoms with van der Waals surface area (Å²) in [5, 5.41) is 12.6. The van der Waals surface area contributed by atoms with E-state index >= 15 is 0 Å². The molecule has 1 aromatic rings. The molecule has 0 bridgehead atoms. The summed E-state index contributed by atoms with van der Waals surface area (Å²) in [7, 11) is 2.79. The Balaban J connectivity index is 1.67. The van der Waals surface area contributed by atoms with E-state index in [9.17, 15) is 14.7 Å². The molecule has 1 aromatic carbocycles. The van der Waals surface area contributed by atoms with E-state index in [1.807, 2.05) is 13.8 Å². The molecule has 0 radical (unpaired) electrons. The topological polar surface area (TPSA) is 119 Å². The zero-order valence-corrected chi connectivity index (χ0v) is 21.6. The van der Waals surface area contributed by atoms with Gasteiger partial charge in [0.15, 0.2) is 23.4 Å². The molecular weight excluding hydrogens is 484 g/mol. The van der Waals surface area contributed by atoms with Crippen molar-refractivity contribution >= 4 is 11.8 Å². The molecule has 0 saturated carbocycles. The minimum Gasteiger partial charge on any atom is -0.494 e. The highest BCUT2D eigenvalue weighted by Crippen LogP contribution is 2.67. The molecule has 1 N–H and O–H groups in total. The smallest absolute Gasteiger partial charge is 0.333 e. The van der Waals surface area contributed by atoms with Crippen molar-refractivity contribution in [3.8, 4) is 17.2 Å². The second kappa shape index (κ2) is 7.88. The number of ketones is 1. The monoisotopic (exact) mass is 514 g/mol. The Hall–Kier alpha value is -3.24. The summed E-state index contributed by atoms with van der Waals surface area (Å²) >= 11 is 0. The number of esters is 1. The first-order valence-electron chi connectivity index (χ1n) is 12.4. The third-order valence-corrected chi connectivity index (χ3v) is 8.87. The number of methoxy groups -OCH3 is 2. The fraction of sp³-hybridized carbons (Fsp3) is 0.556. The average molecular weight is 515 g/mol. The summed E-state index contributed by atoms with van der Waals surface area (Å²) in [6.07, 6.45) is -0.851. The minimum atomic E-state index is -1.72. The summed E-state index contributed by atoms with van der Waals surface area (Å²) in [5.74, 6) is -0.481. The van der Waals surface area contributed by atoms with Gasteiger partial charge in [0.25, 0.3) is 0 Å². The summed E-state index contributed by atoms with van der Waals surface area (Å²) < 4.78 is 41.0. The van der Waals surface area contributed by atoms with Gasteiger partial charge in [-0.15, -0.1) is 0 Å². The highest BCUT2D eigenvalue weighted by molar-refractivity contribution is 6.07. The van der Waals surface area contributed by atoms with Gasteiger partial charge in [-0.25, -0.2) is 4.79 Å². The van der Waals surface area contributed by atoms with Gasteiger partial charge < -0.3 is 38.3 Å². The number of benzene rings is 1. The van der Waals surface area contributed by atoms with Crippen LogP contribution in [0.5, 0.6) is 17.2 Å². The van der Waals surface area contributed by atoms with Crippen molar-refractivity contribution in [1.82, 2.24) is 0 Å². The average Bonchev–Trinajstić information content (AvgIpc) is 3.52. The number of rotatable bonds is 4. The molecule has 1 fully saturated rings. The van der Waals surface area contributed by atoms with E-state index in [0.717, 1.165) is 0 Å². The van der Waals surface area contributed by atoms with Gasteiger partial charge in [-0.1, -0.05) is 19.9 Å². The lowest BCUT2D eigenvalue weighted by Crippen LogP contribution is -2.82. The third kappa shape index (κ3) is 2.67. The number of carbonyl (C=O) groups is 2. The number of fused-ring (bicyclic) bond motifs is 2. The summed E-state index contributed by atoms with van der Waals surface area (Å²) in [6, 6.07) is 1.73. The Labute approximate surface area is 214 Å². The fourth-order valence-electron chi connectivity index (χ4n) is 6.60. The quantitative estimate of drug-likeness (QED) is 0.474. The Morgan fingerprint density at radius 3 is 2.57 bits per heavy atom. The maximum atomic E-state index is 14.4. The standard InChI is InChI=1S/C27H30O10/c1-7-11(2)25(29)36-17-12(3)13(4)23-27(30)24(37-23)21(32-6)20(31-5)22(28)26(27)9-33-19-16(26)14(17)8-15-18(19)35-10-34-15/h7-8,12-13,17,23-24,30H,9-10H2,1-6H3/t12-,13+,17-,23+,24-,26+,27+/m1/s1. The van der Waals surface area contributed by atoms with Crippen LogP contribution < -0.4 is 14.2 Å². The van der Waals surface area contributed by atoms with Crippen LogP contribution in [0, 0.1) is 11.8 Å². The number of allylic oxidation sites excluding steroid dienone is 2. The van der Waals surface area contributed by atoms with Gasteiger partial charge in [-0.3, -0.25) is 4.79 Å².